The van der Waals surface area contributed by atoms with E-state index in [-0.39, 0.29) is 0 Å². The first-order chi connectivity index (χ1) is 7.66. The van der Waals surface area contributed by atoms with Crippen molar-refractivity contribution in [3.8, 4) is 0 Å². The van der Waals surface area contributed by atoms with Gasteiger partial charge in [0, 0.05) is 13.1 Å². The van der Waals surface area contributed by atoms with Crippen LogP contribution in [-0.4, -0.2) is 23.2 Å². The lowest BCUT2D eigenvalue weighted by atomic mass is 10.1. The van der Waals surface area contributed by atoms with E-state index in [0.29, 0.717) is 0 Å². The fraction of sp³-hybridized carbons (Fsp3) is 0.462. The van der Waals surface area contributed by atoms with Gasteiger partial charge in [-0.05, 0) is 32.4 Å². The summed E-state index contributed by atoms with van der Waals surface area (Å²) >= 11 is 0. The smallest absolute Gasteiger partial charge is 0.0931 e. The van der Waals surface area contributed by atoms with Crippen molar-refractivity contribution in [1.29, 1.82) is 0 Å². The van der Waals surface area contributed by atoms with Crippen LogP contribution in [0.5, 0.6) is 0 Å². The highest BCUT2D eigenvalue weighted by Gasteiger charge is 2.10. The molecule has 1 aliphatic rings. The fourth-order valence-electron chi connectivity index (χ4n) is 1.84. The minimum Gasteiger partial charge on any atom is -0.387 e. The van der Waals surface area contributed by atoms with Crippen molar-refractivity contribution >= 4 is 5.69 Å². The number of hydrogen-bond donors (Lipinski definition) is 1. The average molecular weight is 218 g/mol. The minimum absolute atomic E-state index is 0.488. The molecule has 1 aromatic heterocycles. The third-order valence-electron chi connectivity index (χ3n) is 3.00. The zero-order chi connectivity index (χ0) is 11.5. The molecule has 0 spiro atoms. The number of anilines is 1. The topological polar surface area (TPSA) is 36.4 Å². The molecule has 0 saturated carbocycles. The Kier molecular flexibility index (Phi) is 3.25. The summed E-state index contributed by atoms with van der Waals surface area (Å²) in [5.41, 5.74) is 3.32. The van der Waals surface area contributed by atoms with Crippen LogP contribution in [0.2, 0.25) is 0 Å². The predicted molar refractivity (Wildman–Crippen MR) is 65.5 cm³/mol. The molecule has 0 aliphatic carbocycles. The molecule has 16 heavy (non-hydrogen) atoms. The SMILES string of the molecule is CC1=CCN(c2ccc([C@@H](C)O)nc2)CC1. The predicted octanol–water partition coefficient (Wildman–Crippen LogP) is 2.29. The van der Waals surface area contributed by atoms with E-state index in [0.717, 1.165) is 30.9 Å². The summed E-state index contributed by atoms with van der Waals surface area (Å²) in [7, 11) is 0. The van der Waals surface area contributed by atoms with Gasteiger partial charge in [0.1, 0.15) is 0 Å². The van der Waals surface area contributed by atoms with Crippen molar-refractivity contribution in [2.45, 2.75) is 26.4 Å². The summed E-state index contributed by atoms with van der Waals surface area (Å²) in [6.07, 6.45) is 4.73. The van der Waals surface area contributed by atoms with E-state index in [1.165, 1.54) is 5.57 Å². The minimum atomic E-state index is -0.488. The van der Waals surface area contributed by atoms with E-state index in [2.05, 4.69) is 22.9 Å². The third kappa shape index (κ3) is 2.42. The molecule has 3 heteroatoms. The first-order valence-electron chi connectivity index (χ1n) is 5.71. The van der Waals surface area contributed by atoms with Crippen LogP contribution in [0, 0.1) is 0 Å². The summed E-state index contributed by atoms with van der Waals surface area (Å²) < 4.78 is 0. The van der Waals surface area contributed by atoms with Crippen molar-refractivity contribution in [1.82, 2.24) is 4.98 Å². The van der Waals surface area contributed by atoms with Crippen LogP contribution in [0.15, 0.2) is 30.0 Å². The zero-order valence-corrected chi connectivity index (χ0v) is 9.85. The highest BCUT2D eigenvalue weighted by molar-refractivity contribution is 5.46. The number of rotatable bonds is 2. The molecule has 1 atom stereocenters. The summed E-state index contributed by atoms with van der Waals surface area (Å²) in [6, 6.07) is 3.93. The third-order valence-corrected chi connectivity index (χ3v) is 3.00. The van der Waals surface area contributed by atoms with Crippen LogP contribution in [0.4, 0.5) is 5.69 Å². The van der Waals surface area contributed by atoms with Gasteiger partial charge in [0.2, 0.25) is 0 Å². The van der Waals surface area contributed by atoms with Crippen LogP contribution in [0.1, 0.15) is 32.1 Å². The van der Waals surface area contributed by atoms with E-state index in [1.807, 2.05) is 18.3 Å². The van der Waals surface area contributed by atoms with E-state index in [9.17, 15) is 5.11 Å². The van der Waals surface area contributed by atoms with Gasteiger partial charge in [-0.1, -0.05) is 11.6 Å². The maximum absolute atomic E-state index is 9.37. The van der Waals surface area contributed by atoms with Crippen molar-refractivity contribution in [2.24, 2.45) is 0 Å². The van der Waals surface area contributed by atoms with Gasteiger partial charge in [0.25, 0.3) is 0 Å². The molecule has 1 aliphatic heterocycles. The molecule has 2 heterocycles. The first kappa shape index (κ1) is 11.1. The van der Waals surface area contributed by atoms with Gasteiger partial charge in [-0.3, -0.25) is 4.98 Å². The van der Waals surface area contributed by atoms with Gasteiger partial charge >= 0.3 is 0 Å². The second-order valence-corrected chi connectivity index (χ2v) is 4.36. The van der Waals surface area contributed by atoms with E-state index in [4.69, 9.17) is 0 Å². The summed E-state index contributed by atoms with van der Waals surface area (Å²) in [6.45, 7) is 5.92. The van der Waals surface area contributed by atoms with Crippen molar-refractivity contribution in [3.05, 3.63) is 35.7 Å². The summed E-state index contributed by atoms with van der Waals surface area (Å²) in [5, 5.41) is 9.37. The van der Waals surface area contributed by atoms with Gasteiger partial charge < -0.3 is 10.0 Å². The Balaban J connectivity index is 2.10. The molecule has 3 nitrogen and oxygen atoms in total. The standard InChI is InChI=1S/C13H18N2O/c1-10-5-7-15(8-6-10)12-3-4-13(11(2)16)14-9-12/h3-5,9,11,16H,6-8H2,1-2H3/t11-/m1/s1. The number of pyridine rings is 1. The maximum Gasteiger partial charge on any atom is 0.0931 e. The van der Waals surface area contributed by atoms with E-state index >= 15 is 0 Å². The van der Waals surface area contributed by atoms with Crippen LogP contribution in [0.25, 0.3) is 0 Å². The molecule has 0 fully saturated rings. The molecule has 0 saturated heterocycles. The Labute approximate surface area is 96.4 Å². The molecule has 0 amide bonds. The lowest BCUT2D eigenvalue weighted by molar-refractivity contribution is 0.194. The molecule has 1 aromatic rings. The number of hydrogen-bond acceptors (Lipinski definition) is 3. The molecule has 0 radical (unpaired) electrons. The Morgan fingerprint density at radius 3 is 2.75 bits per heavy atom. The van der Waals surface area contributed by atoms with Crippen LogP contribution >= 0.6 is 0 Å². The molecule has 1 N–H and O–H groups in total. The van der Waals surface area contributed by atoms with Gasteiger partial charge in [-0.15, -0.1) is 0 Å². The molecule has 0 bridgehead atoms. The van der Waals surface area contributed by atoms with Gasteiger partial charge in [0.15, 0.2) is 0 Å². The number of aliphatic hydroxyl groups is 1. The Morgan fingerprint density at radius 1 is 1.44 bits per heavy atom. The average Bonchev–Trinajstić information content (AvgIpc) is 2.30. The summed E-state index contributed by atoms with van der Waals surface area (Å²) in [5.74, 6) is 0. The molecule has 86 valence electrons. The Hall–Kier alpha value is -1.35. The molecule has 2 rings (SSSR count). The monoisotopic (exact) mass is 218 g/mol. The van der Waals surface area contributed by atoms with Crippen molar-refractivity contribution in [3.63, 3.8) is 0 Å². The normalized spacial score (nSPS) is 18.2. The van der Waals surface area contributed by atoms with Crippen LogP contribution in [0.3, 0.4) is 0 Å². The van der Waals surface area contributed by atoms with E-state index in [1.54, 1.807) is 6.92 Å². The molecular weight excluding hydrogens is 200 g/mol. The number of nitrogens with zero attached hydrogens (tertiary/aromatic N) is 2. The highest BCUT2D eigenvalue weighted by atomic mass is 16.3. The zero-order valence-electron chi connectivity index (χ0n) is 9.85. The van der Waals surface area contributed by atoms with Crippen molar-refractivity contribution < 1.29 is 5.11 Å². The maximum atomic E-state index is 9.37. The molecule has 0 unspecified atom stereocenters. The quantitative estimate of drug-likeness (QED) is 0.774. The molecular formula is C13H18N2O. The molecule has 0 aromatic carbocycles. The van der Waals surface area contributed by atoms with Gasteiger partial charge in [-0.2, -0.15) is 0 Å². The largest absolute Gasteiger partial charge is 0.387 e. The highest BCUT2D eigenvalue weighted by Crippen LogP contribution is 2.20. The van der Waals surface area contributed by atoms with Gasteiger partial charge in [0.05, 0.1) is 23.7 Å². The summed E-state index contributed by atoms with van der Waals surface area (Å²) in [4.78, 5) is 6.56. The Bertz CT molecular complexity index is 381. The van der Waals surface area contributed by atoms with Gasteiger partial charge in [-0.25, -0.2) is 0 Å². The number of aromatic nitrogens is 1. The van der Waals surface area contributed by atoms with Crippen molar-refractivity contribution in [2.75, 3.05) is 18.0 Å². The number of aliphatic hydroxyl groups excluding tert-OH is 1. The first-order valence-corrected chi connectivity index (χ1v) is 5.71. The lowest BCUT2D eigenvalue weighted by Crippen LogP contribution is -2.28. The van der Waals surface area contributed by atoms with E-state index < -0.39 is 6.10 Å². The van der Waals surface area contributed by atoms with Crippen LogP contribution in [-0.2, 0) is 0 Å². The lowest BCUT2D eigenvalue weighted by Gasteiger charge is -2.27. The fourth-order valence-corrected chi connectivity index (χ4v) is 1.84. The second kappa shape index (κ2) is 4.66. The second-order valence-electron chi connectivity index (χ2n) is 4.36. The Morgan fingerprint density at radius 2 is 2.25 bits per heavy atom. The van der Waals surface area contributed by atoms with Crippen LogP contribution < -0.4 is 4.90 Å².